The molecule has 0 aliphatic heterocycles. The summed E-state index contributed by atoms with van der Waals surface area (Å²) in [4.78, 5) is 2.40. The molecule has 50 heavy (non-hydrogen) atoms. The fourth-order valence-electron chi connectivity index (χ4n) is 7.74. The van der Waals surface area contributed by atoms with Crippen LogP contribution < -0.4 is 4.90 Å². The molecule has 9 aromatic carbocycles. The lowest BCUT2D eigenvalue weighted by atomic mass is 9.92. The topological polar surface area (TPSA) is 16.4 Å². The number of hydrogen-bond donors (Lipinski definition) is 0. The largest absolute Gasteiger partial charge is 0.455 e. The quantitative estimate of drug-likeness (QED) is 0.187. The molecule has 0 unspecified atom stereocenters. The summed E-state index contributed by atoms with van der Waals surface area (Å²) in [5.74, 6) is 0. The van der Waals surface area contributed by atoms with Gasteiger partial charge in [-0.2, -0.15) is 0 Å². The predicted octanol–water partition coefficient (Wildman–Crippen LogP) is 13.8. The van der Waals surface area contributed by atoms with Gasteiger partial charge in [0.2, 0.25) is 0 Å². The first-order valence-corrected chi connectivity index (χ1v) is 17.1. The highest BCUT2D eigenvalue weighted by molar-refractivity contribution is 6.23. The number of benzene rings is 9. The molecule has 0 aliphatic rings. The summed E-state index contributed by atoms with van der Waals surface area (Å²) in [7, 11) is 0. The van der Waals surface area contributed by atoms with Gasteiger partial charge in [-0.05, 0) is 80.2 Å². The second-order valence-corrected chi connectivity index (χ2v) is 12.9. The lowest BCUT2D eigenvalue weighted by Crippen LogP contribution is -2.10. The molecule has 2 nitrogen and oxygen atoms in total. The van der Waals surface area contributed by atoms with Crippen LogP contribution in [0.2, 0.25) is 0 Å². The molecule has 0 spiro atoms. The minimum Gasteiger partial charge on any atom is -0.455 e. The van der Waals surface area contributed by atoms with Gasteiger partial charge in [0.15, 0.2) is 0 Å². The maximum absolute atomic E-state index is 6.84. The van der Waals surface area contributed by atoms with Crippen LogP contribution in [0, 0.1) is 0 Å². The van der Waals surface area contributed by atoms with Crippen LogP contribution in [0.15, 0.2) is 192 Å². The van der Waals surface area contributed by atoms with E-state index in [9.17, 15) is 0 Å². The molecule has 1 heterocycles. The van der Waals surface area contributed by atoms with Gasteiger partial charge in [0.05, 0.1) is 16.8 Å². The van der Waals surface area contributed by atoms with E-state index >= 15 is 0 Å². The monoisotopic (exact) mass is 637 g/mol. The van der Waals surface area contributed by atoms with Crippen LogP contribution in [-0.4, -0.2) is 0 Å². The zero-order valence-electron chi connectivity index (χ0n) is 27.3. The van der Waals surface area contributed by atoms with Crippen LogP contribution >= 0.6 is 0 Å². The average Bonchev–Trinajstić information content (AvgIpc) is 3.58. The fourth-order valence-corrected chi connectivity index (χ4v) is 7.74. The lowest BCUT2D eigenvalue weighted by Gasteiger charge is -2.27. The van der Waals surface area contributed by atoms with Gasteiger partial charge in [-0.3, -0.25) is 0 Å². The Labute approximate surface area is 290 Å². The van der Waals surface area contributed by atoms with Crippen molar-refractivity contribution in [3.05, 3.63) is 188 Å². The Kier molecular flexibility index (Phi) is 6.53. The Bertz CT molecular complexity index is 2860. The Morgan fingerprint density at radius 2 is 0.940 bits per heavy atom. The number of nitrogens with zero attached hydrogens (tertiary/aromatic N) is 1. The molecule has 0 amide bonds. The van der Waals surface area contributed by atoms with Crippen molar-refractivity contribution in [3.8, 4) is 22.3 Å². The second-order valence-electron chi connectivity index (χ2n) is 12.9. The van der Waals surface area contributed by atoms with Gasteiger partial charge in [-0.1, -0.05) is 152 Å². The Hall–Kier alpha value is -6.64. The molecule has 0 N–H and O–H groups in total. The fraction of sp³-hybridized carbons (Fsp3) is 0. The van der Waals surface area contributed by atoms with Crippen molar-refractivity contribution in [1.82, 2.24) is 0 Å². The van der Waals surface area contributed by atoms with E-state index in [4.69, 9.17) is 4.42 Å². The number of hydrogen-bond acceptors (Lipinski definition) is 2. The summed E-state index contributed by atoms with van der Waals surface area (Å²) >= 11 is 0. The van der Waals surface area contributed by atoms with Crippen LogP contribution in [0.4, 0.5) is 17.1 Å². The Morgan fingerprint density at radius 3 is 1.74 bits per heavy atom. The van der Waals surface area contributed by atoms with E-state index in [0.717, 1.165) is 44.4 Å². The zero-order valence-corrected chi connectivity index (χ0v) is 27.3. The third-order valence-electron chi connectivity index (χ3n) is 10.0. The normalized spacial score (nSPS) is 11.6. The van der Waals surface area contributed by atoms with E-state index in [1.54, 1.807) is 0 Å². The van der Waals surface area contributed by atoms with Gasteiger partial charge in [-0.15, -0.1) is 0 Å². The van der Waals surface area contributed by atoms with Crippen LogP contribution in [0.1, 0.15) is 0 Å². The summed E-state index contributed by atoms with van der Waals surface area (Å²) in [6.45, 7) is 0. The number of anilines is 3. The van der Waals surface area contributed by atoms with E-state index in [1.807, 2.05) is 0 Å². The maximum Gasteiger partial charge on any atom is 0.143 e. The molecule has 0 fully saturated rings. The van der Waals surface area contributed by atoms with E-state index in [1.165, 1.54) is 49.2 Å². The molecule has 10 rings (SSSR count). The minimum atomic E-state index is 0.865. The summed E-state index contributed by atoms with van der Waals surface area (Å²) < 4.78 is 6.84. The average molecular weight is 638 g/mol. The molecular weight excluding hydrogens is 607 g/mol. The van der Waals surface area contributed by atoms with E-state index in [-0.39, 0.29) is 0 Å². The van der Waals surface area contributed by atoms with Gasteiger partial charge in [-0.25, -0.2) is 0 Å². The molecule has 0 saturated carbocycles. The molecule has 0 atom stereocenters. The maximum atomic E-state index is 6.84. The van der Waals surface area contributed by atoms with Crippen molar-refractivity contribution in [2.75, 3.05) is 4.90 Å². The molecule has 0 radical (unpaired) electrons. The molecule has 0 saturated heterocycles. The molecule has 1 aromatic heterocycles. The van der Waals surface area contributed by atoms with Crippen molar-refractivity contribution in [2.24, 2.45) is 0 Å². The van der Waals surface area contributed by atoms with E-state index in [2.05, 4.69) is 193 Å². The summed E-state index contributed by atoms with van der Waals surface area (Å²) in [5.41, 5.74) is 9.85. The highest BCUT2D eigenvalue weighted by atomic mass is 16.3. The number of fused-ring (bicyclic) bond motifs is 7. The minimum absolute atomic E-state index is 0.865. The Morgan fingerprint density at radius 1 is 0.360 bits per heavy atom. The molecule has 2 heteroatoms. The molecule has 0 aliphatic carbocycles. The van der Waals surface area contributed by atoms with Gasteiger partial charge in [0, 0.05) is 21.8 Å². The smallest absolute Gasteiger partial charge is 0.143 e. The number of rotatable bonds is 5. The molecular formula is C48H31NO. The summed E-state index contributed by atoms with van der Waals surface area (Å²) in [6, 6.07) is 67.4. The Balaban J connectivity index is 1.28. The highest BCUT2D eigenvalue weighted by Gasteiger charge is 2.23. The second kappa shape index (κ2) is 11.5. The predicted molar refractivity (Wildman–Crippen MR) is 212 cm³/mol. The van der Waals surface area contributed by atoms with Crippen molar-refractivity contribution < 1.29 is 4.42 Å². The van der Waals surface area contributed by atoms with Crippen LogP contribution in [0.25, 0.3) is 76.5 Å². The van der Waals surface area contributed by atoms with Gasteiger partial charge in [0.1, 0.15) is 11.2 Å². The summed E-state index contributed by atoms with van der Waals surface area (Å²) in [5, 5.41) is 9.34. The first-order chi connectivity index (χ1) is 24.8. The SMILES string of the molecule is c1ccc(-c2ccc(N(c3cccc4ccccc34)c3cccc4oc5c6ccccc6c(-c6cccc7ccccc67)cc5c34)cc2)cc1. The summed E-state index contributed by atoms with van der Waals surface area (Å²) in [6.07, 6.45) is 0. The number of furan rings is 1. The first-order valence-electron chi connectivity index (χ1n) is 17.1. The van der Waals surface area contributed by atoms with Crippen LogP contribution in [0.3, 0.4) is 0 Å². The van der Waals surface area contributed by atoms with Crippen molar-refractivity contribution in [2.45, 2.75) is 0 Å². The third kappa shape index (κ3) is 4.50. The highest BCUT2D eigenvalue weighted by Crippen LogP contribution is 2.48. The van der Waals surface area contributed by atoms with Gasteiger partial charge in [0.25, 0.3) is 0 Å². The third-order valence-corrected chi connectivity index (χ3v) is 10.0. The van der Waals surface area contributed by atoms with E-state index in [0.29, 0.717) is 0 Å². The first kappa shape index (κ1) is 28.4. The molecule has 10 aromatic rings. The molecule has 234 valence electrons. The van der Waals surface area contributed by atoms with Crippen molar-refractivity contribution in [1.29, 1.82) is 0 Å². The van der Waals surface area contributed by atoms with E-state index < -0.39 is 0 Å². The standard InChI is InChI=1S/C48H31NO/c1-2-13-32(14-3-1)33-27-29-36(30-28-33)49(44-24-11-18-35-16-5-7-20-38(35)44)45-25-12-26-46-47(45)43-31-42(40-21-8-9-22-41(40)48(43)50-46)39-23-10-17-34-15-4-6-19-37(34)39/h1-31H. The van der Waals surface area contributed by atoms with Crippen LogP contribution in [-0.2, 0) is 0 Å². The molecule has 0 bridgehead atoms. The van der Waals surface area contributed by atoms with Gasteiger partial charge < -0.3 is 9.32 Å². The van der Waals surface area contributed by atoms with Gasteiger partial charge >= 0.3 is 0 Å². The lowest BCUT2D eigenvalue weighted by molar-refractivity contribution is 0.672. The van der Waals surface area contributed by atoms with Crippen LogP contribution in [0.5, 0.6) is 0 Å². The zero-order chi connectivity index (χ0) is 33.0. The van der Waals surface area contributed by atoms with Crippen molar-refractivity contribution in [3.63, 3.8) is 0 Å². The van der Waals surface area contributed by atoms with Crippen molar-refractivity contribution >= 4 is 71.3 Å².